The molecule has 0 aliphatic heterocycles. The molecule has 0 bridgehead atoms. The molecule has 106 valence electrons. The second-order valence-electron chi connectivity index (χ2n) is 4.14. The average Bonchev–Trinajstić information content (AvgIpc) is 2.27. The van der Waals surface area contributed by atoms with Crippen molar-refractivity contribution in [2.75, 3.05) is 13.1 Å². The van der Waals surface area contributed by atoms with E-state index in [0.29, 0.717) is 6.42 Å². The average molecular weight is 276 g/mol. The second kappa shape index (κ2) is 6.51. The number of hydrogen-bond donors (Lipinski definition) is 1. The smallest absolute Gasteiger partial charge is 0.401 e. The van der Waals surface area contributed by atoms with Crippen molar-refractivity contribution < 1.29 is 23.1 Å². The summed E-state index contributed by atoms with van der Waals surface area (Å²) in [4.78, 5) is 15.8. The molecule has 1 N–H and O–H groups in total. The third-order valence-electron chi connectivity index (χ3n) is 2.43. The van der Waals surface area contributed by atoms with E-state index in [-0.39, 0.29) is 24.3 Å². The molecule has 0 unspecified atom stereocenters. The summed E-state index contributed by atoms with van der Waals surface area (Å²) < 4.78 is 37.3. The van der Waals surface area contributed by atoms with Crippen LogP contribution < -0.4 is 0 Å². The Morgan fingerprint density at radius 1 is 1.47 bits per heavy atom. The molecule has 1 aromatic rings. The van der Waals surface area contributed by atoms with Crippen molar-refractivity contribution in [2.45, 2.75) is 26.1 Å². The van der Waals surface area contributed by atoms with Crippen LogP contribution in [0.15, 0.2) is 18.3 Å². The summed E-state index contributed by atoms with van der Waals surface area (Å²) in [6.45, 7) is 0.871. The standard InChI is InChI=1S/C12H15F3N2O2/c1-2-6-17(8-12(13,14)15)7-9-4-3-5-16-10(9)11(18)19/h3-5H,2,6-8H2,1H3,(H,18,19). The van der Waals surface area contributed by atoms with Crippen LogP contribution in [0.3, 0.4) is 0 Å². The topological polar surface area (TPSA) is 53.4 Å². The molecule has 1 rings (SSSR count). The van der Waals surface area contributed by atoms with Gasteiger partial charge in [-0.1, -0.05) is 13.0 Å². The fourth-order valence-corrected chi connectivity index (χ4v) is 1.78. The van der Waals surface area contributed by atoms with Gasteiger partial charge in [-0.3, -0.25) is 4.90 Å². The molecule has 0 saturated carbocycles. The van der Waals surface area contributed by atoms with E-state index in [1.807, 2.05) is 0 Å². The Morgan fingerprint density at radius 3 is 2.68 bits per heavy atom. The second-order valence-corrected chi connectivity index (χ2v) is 4.14. The highest BCUT2D eigenvalue weighted by molar-refractivity contribution is 5.86. The van der Waals surface area contributed by atoms with Gasteiger partial charge in [0.05, 0.1) is 6.54 Å². The molecule has 1 heterocycles. The summed E-state index contributed by atoms with van der Waals surface area (Å²) in [5.41, 5.74) is 0.0819. The molecule has 0 aliphatic rings. The van der Waals surface area contributed by atoms with E-state index >= 15 is 0 Å². The number of carbonyl (C=O) groups is 1. The molecule has 0 saturated heterocycles. The van der Waals surface area contributed by atoms with Crippen molar-refractivity contribution in [3.8, 4) is 0 Å². The van der Waals surface area contributed by atoms with Crippen molar-refractivity contribution in [3.05, 3.63) is 29.6 Å². The number of halogens is 3. The van der Waals surface area contributed by atoms with E-state index in [0.717, 1.165) is 0 Å². The molecular weight excluding hydrogens is 261 g/mol. The van der Waals surface area contributed by atoms with Gasteiger partial charge in [0.25, 0.3) is 0 Å². The summed E-state index contributed by atoms with van der Waals surface area (Å²) in [6.07, 6.45) is -2.44. The predicted octanol–water partition coefficient (Wildman–Crippen LogP) is 2.55. The van der Waals surface area contributed by atoms with Crippen molar-refractivity contribution >= 4 is 5.97 Å². The van der Waals surface area contributed by atoms with Crippen LogP contribution in [0.1, 0.15) is 29.4 Å². The zero-order chi connectivity index (χ0) is 14.5. The van der Waals surface area contributed by atoms with Crippen LogP contribution in [-0.4, -0.2) is 40.2 Å². The summed E-state index contributed by atoms with van der Waals surface area (Å²) in [7, 11) is 0. The fraction of sp³-hybridized carbons (Fsp3) is 0.500. The number of hydrogen-bond acceptors (Lipinski definition) is 3. The first-order valence-corrected chi connectivity index (χ1v) is 5.79. The van der Waals surface area contributed by atoms with Gasteiger partial charge in [-0.2, -0.15) is 13.2 Å². The van der Waals surface area contributed by atoms with Gasteiger partial charge in [-0.05, 0) is 24.6 Å². The van der Waals surface area contributed by atoms with Crippen LogP contribution in [0.4, 0.5) is 13.2 Å². The highest BCUT2D eigenvalue weighted by Crippen LogP contribution is 2.19. The van der Waals surface area contributed by atoms with E-state index in [1.54, 1.807) is 6.92 Å². The normalized spacial score (nSPS) is 11.8. The van der Waals surface area contributed by atoms with Crippen LogP contribution in [-0.2, 0) is 6.54 Å². The number of carboxylic acid groups (broad SMARTS) is 1. The Labute approximate surface area is 108 Å². The van der Waals surface area contributed by atoms with E-state index in [9.17, 15) is 18.0 Å². The first-order valence-electron chi connectivity index (χ1n) is 5.79. The van der Waals surface area contributed by atoms with Gasteiger partial charge in [-0.25, -0.2) is 9.78 Å². The first kappa shape index (κ1) is 15.4. The molecule has 0 atom stereocenters. The zero-order valence-electron chi connectivity index (χ0n) is 10.4. The molecule has 0 amide bonds. The molecule has 19 heavy (non-hydrogen) atoms. The van der Waals surface area contributed by atoms with E-state index < -0.39 is 18.7 Å². The van der Waals surface area contributed by atoms with Gasteiger partial charge < -0.3 is 5.11 Å². The van der Waals surface area contributed by atoms with Crippen molar-refractivity contribution in [1.29, 1.82) is 0 Å². The van der Waals surface area contributed by atoms with Gasteiger partial charge in [-0.15, -0.1) is 0 Å². The first-order chi connectivity index (χ1) is 8.83. The molecular formula is C12H15F3N2O2. The SMILES string of the molecule is CCCN(Cc1cccnc1C(=O)O)CC(F)(F)F. The maximum atomic E-state index is 12.4. The molecule has 0 aromatic carbocycles. The van der Waals surface area contributed by atoms with Gasteiger partial charge in [0.1, 0.15) is 0 Å². The number of pyridine rings is 1. The highest BCUT2D eigenvalue weighted by Gasteiger charge is 2.30. The van der Waals surface area contributed by atoms with E-state index in [2.05, 4.69) is 4.98 Å². The minimum Gasteiger partial charge on any atom is -0.477 e. The van der Waals surface area contributed by atoms with Gasteiger partial charge in [0.2, 0.25) is 0 Å². The van der Waals surface area contributed by atoms with E-state index in [1.165, 1.54) is 23.2 Å². The van der Waals surface area contributed by atoms with Crippen LogP contribution in [0.25, 0.3) is 0 Å². The lowest BCUT2D eigenvalue weighted by Crippen LogP contribution is -2.34. The number of carboxylic acids is 1. The van der Waals surface area contributed by atoms with Gasteiger partial charge in [0, 0.05) is 12.7 Å². The predicted molar refractivity (Wildman–Crippen MR) is 62.8 cm³/mol. The van der Waals surface area contributed by atoms with Crippen molar-refractivity contribution in [1.82, 2.24) is 9.88 Å². The summed E-state index contributed by atoms with van der Waals surface area (Å²) in [6, 6.07) is 3.00. The molecule has 1 aromatic heterocycles. The fourth-order valence-electron chi connectivity index (χ4n) is 1.78. The van der Waals surface area contributed by atoms with Crippen LogP contribution in [0.5, 0.6) is 0 Å². The third kappa shape index (κ3) is 5.25. The third-order valence-corrected chi connectivity index (χ3v) is 2.43. The quantitative estimate of drug-likeness (QED) is 0.867. The Balaban J connectivity index is 2.87. The number of nitrogens with zero attached hydrogens (tertiary/aromatic N) is 2. The van der Waals surface area contributed by atoms with Gasteiger partial charge >= 0.3 is 12.1 Å². The largest absolute Gasteiger partial charge is 0.477 e. The number of aromatic carboxylic acids is 1. The summed E-state index contributed by atoms with van der Waals surface area (Å²) in [5, 5.41) is 8.94. The summed E-state index contributed by atoms with van der Waals surface area (Å²) in [5.74, 6) is -1.24. The van der Waals surface area contributed by atoms with Crippen molar-refractivity contribution in [3.63, 3.8) is 0 Å². The molecule has 0 spiro atoms. The lowest BCUT2D eigenvalue weighted by molar-refractivity contribution is -0.147. The number of aromatic nitrogens is 1. The highest BCUT2D eigenvalue weighted by atomic mass is 19.4. The monoisotopic (exact) mass is 276 g/mol. The van der Waals surface area contributed by atoms with Crippen LogP contribution in [0, 0.1) is 0 Å². The molecule has 0 radical (unpaired) electrons. The lowest BCUT2D eigenvalue weighted by atomic mass is 10.1. The Hall–Kier alpha value is -1.63. The Morgan fingerprint density at radius 2 is 2.16 bits per heavy atom. The lowest BCUT2D eigenvalue weighted by Gasteiger charge is -2.23. The maximum Gasteiger partial charge on any atom is 0.401 e. The molecule has 0 fully saturated rings. The number of rotatable bonds is 6. The minimum atomic E-state index is -4.30. The van der Waals surface area contributed by atoms with Crippen LogP contribution in [0.2, 0.25) is 0 Å². The summed E-state index contributed by atoms with van der Waals surface area (Å²) >= 11 is 0. The van der Waals surface area contributed by atoms with E-state index in [4.69, 9.17) is 5.11 Å². The molecule has 4 nitrogen and oxygen atoms in total. The van der Waals surface area contributed by atoms with Crippen molar-refractivity contribution in [2.24, 2.45) is 0 Å². The molecule has 0 aliphatic carbocycles. The Kier molecular flexibility index (Phi) is 5.29. The Bertz CT molecular complexity index is 435. The zero-order valence-corrected chi connectivity index (χ0v) is 10.4. The molecule has 7 heteroatoms. The maximum absolute atomic E-state index is 12.4. The van der Waals surface area contributed by atoms with Crippen LogP contribution >= 0.6 is 0 Å². The van der Waals surface area contributed by atoms with Gasteiger partial charge in [0.15, 0.2) is 5.69 Å². The number of alkyl halides is 3. The minimum absolute atomic E-state index is 0.0805.